The molecular weight excluding hydrogens is 425 g/mol. The fraction of sp³-hybridized carbons (Fsp3) is 0.190. The van der Waals surface area contributed by atoms with Crippen LogP contribution in [0.5, 0.6) is 0 Å². The molecule has 11 heteroatoms. The molecule has 3 heterocycles. The van der Waals surface area contributed by atoms with E-state index < -0.39 is 17.6 Å². The molecule has 0 aliphatic heterocycles. The van der Waals surface area contributed by atoms with Gasteiger partial charge in [0.25, 0.3) is 5.91 Å². The number of benzene rings is 1. The number of carbonyl (C=O) groups is 1. The molecule has 0 fully saturated rings. The van der Waals surface area contributed by atoms with Crippen LogP contribution in [0, 0.1) is 0 Å². The lowest BCUT2D eigenvalue weighted by molar-refractivity contribution is -0.137. The topological polar surface area (TPSA) is 98.7 Å². The van der Waals surface area contributed by atoms with Crippen molar-refractivity contribution in [3.63, 3.8) is 0 Å². The summed E-state index contributed by atoms with van der Waals surface area (Å²) < 4.78 is 44.8. The number of aromatic nitrogens is 5. The molecule has 32 heavy (non-hydrogen) atoms. The van der Waals surface area contributed by atoms with Gasteiger partial charge < -0.3 is 9.73 Å². The number of hydrogen-bond acceptors (Lipinski definition) is 6. The van der Waals surface area contributed by atoms with Gasteiger partial charge in [-0.15, -0.1) is 5.10 Å². The van der Waals surface area contributed by atoms with Crippen molar-refractivity contribution in [1.82, 2.24) is 25.0 Å². The second kappa shape index (κ2) is 8.25. The molecule has 0 spiro atoms. The lowest BCUT2D eigenvalue weighted by Crippen LogP contribution is -2.12. The van der Waals surface area contributed by atoms with Crippen molar-refractivity contribution in [2.24, 2.45) is 0 Å². The number of oxazole rings is 1. The van der Waals surface area contributed by atoms with Crippen molar-refractivity contribution in [3.8, 4) is 17.3 Å². The van der Waals surface area contributed by atoms with Crippen LogP contribution in [0.3, 0.4) is 0 Å². The summed E-state index contributed by atoms with van der Waals surface area (Å²) in [4.78, 5) is 20.4. The molecule has 4 aromatic rings. The van der Waals surface area contributed by atoms with Crippen LogP contribution in [0.25, 0.3) is 17.3 Å². The third-order valence-electron chi connectivity index (χ3n) is 4.52. The van der Waals surface area contributed by atoms with Crippen LogP contribution < -0.4 is 5.32 Å². The number of carbonyl (C=O) groups excluding carboxylic acids is 1. The monoisotopic (exact) mass is 442 g/mol. The van der Waals surface area contributed by atoms with Crippen molar-refractivity contribution in [1.29, 1.82) is 0 Å². The first-order valence-corrected chi connectivity index (χ1v) is 9.54. The van der Waals surface area contributed by atoms with Crippen LogP contribution in [0.1, 0.15) is 41.6 Å². The molecule has 1 N–H and O–H groups in total. The van der Waals surface area contributed by atoms with E-state index in [9.17, 15) is 18.0 Å². The van der Waals surface area contributed by atoms with Crippen LogP contribution in [0.4, 0.5) is 18.9 Å². The number of hydrogen-bond donors (Lipinski definition) is 1. The van der Waals surface area contributed by atoms with Crippen molar-refractivity contribution in [3.05, 3.63) is 72.0 Å². The molecule has 4 rings (SSSR count). The van der Waals surface area contributed by atoms with Gasteiger partial charge in [-0.2, -0.15) is 13.2 Å². The van der Waals surface area contributed by atoms with E-state index in [2.05, 4.69) is 25.6 Å². The van der Waals surface area contributed by atoms with Crippen molar-refractivity contribution >= 4 is 11.6 Å². The number of nitrogens with zero attached hydrogens (tertiary/aromatic N) is 5. The zero-order valence-electron chi connectivity index (χ0n) is 17.0. The van der Waals surface area contributed by atoms with E-state index in [0.717, 1.165) is 28.1 Å². The van der Waals surface area contributed by atoms with E-state index in [-0.39, 0.29) is 17.4 Å². The predicted octanol–water partition coefficient (Wildman–Crippen LogP) is 4.71. The summed E-state index contributed by atoms with van der Waals surface area (Å²) in [6.45, 7) is 4.01. The van der Waals surface area contributed by atoms with Gasteiger partial charge in [-0.3, -0.25) is 4.79 Å². The Hall–Kier alpha value is -4.02. The van der Waals surface area contributed by atoms with Gasteiger partial charge >= 0.3 is 6.18 Å². The van der Waals surface area contributed by atoms with Crippen molar-refractivity contribution in [2.75, 3.05) is 5.32 Å². The summed E-state index contributed by atoms with van der Waals surface area (Å²) in [6.07, 6.45) is -0.835. The predicted molar refractivity (Wildman–Crippen MR) is 108 cm³/mol. The van der Waals surface area contributed by atoms with E-state index in [1.54, 1.807) is 30.5 Å². The maximum absolute atomic E-state index is 12.7. The maximum atomic E-state index is 12.7. The molecule has 0 unspecified atom stereocenters. The highest BCUT2D eigenvalue weighted by molar-refractivity contribution is 6.02. The first kappa shape index (κ1) is 21.2. The molecule has 0 bridgehead atoms. The number of rotatable bonds is 5. The van der Waals surface area contributed by atoms with Gasteiger partial charge in [0.1, 0.15) is 5.76 Å². The van der Waals surface area contributed by atoms with Gasteiger partial charge in [-0.25, -0.2) is 14.6 Å². The van der Waals surface area contributed by atoms with Gasteiger partial charge in [0, 0.05) is 23.4 Å². The Balaban J connectivity index is 1.44. The van der Waals surface area contributed by atoms with Crippen molar-refractivity contribution in [2.45, 2.75) is 25.9 Å². The van der Waals surface area contributed by atoms with E-state index in [1.165, 1.54) is 6.20 Å². The first-order valence-electron chi connectivity index (χ1n) is 9.54. The Morgan fingerprint density at radius 3 is 2.41 bits per heavy atom. The van der Waals surface area contributed by atoms with E-state index in [4.69, 9.17) is 4.42 Å². The Bertz CT molecular complexity index is 1230. The van der Waals surface area contributed by atoms with E-state index >= 15 is 0 Å². The highest BCUT2D eigenvalue weighted by Crippen LogP contribution is 2.28. The number of nitrogens with one attached hydrogen (secondary N) is 1. The SMILES string of the molecule is CC(C)c1cnc(-c2ccc(NC(=O)c3cn(-c4ccc(C(F)(F)F)cn4)nn3)cc2)o1. The van der Waals surface area contributed by atoms with Crippen LogP contribution in [-0.4, -0.2) is 30.9 Å². The lowest BCUT2D eigenvalue weighted by atomic mass is 10.2. The second-order valence-corrected chi connectivity index (χ2v) is 7.21. The maximum Gasteiger partial charge on any atom is 0.417 e. The molecule has 0 radical (unpaired) electrons. The van der Waals surface area contributed by atoms with E-state index in [0.29, 0.717) is 17.8 Å². The Morgan fingerprint density at radius 2 is 1.81 bits per heavy atom. The first-order chi connectivity index (χ1) is 15.2. The van der Waals surface area contributed by atoms with Gasteiger partial charge in [-0.1, -0.05) is 19.1 Å². The zero-order valence-corrected chi connectivity index (χ0v) is 17.0. The average molecular weight is 442 g/mol. The Labute approximate surface area is 180 Å². The van der Waals surface area contributed by atoms with Crippen molar-refractivity contribution < 1.29 is 22.4 Å². The summed E-state index contributed by atoms with van der Waals surface area (Å²) in [5.74, 6) is 1.05. The highest BCUT2D eigenvalue weighted by Gasteiger charge is 2.30. The van der Waals surface area contributed by atoms with Crippen LogP contribution in [0.2, 0.25) is 0 Å². The minimum Gasteiger partial charge on any atom is -0.441 e. The standard InChI is InChI=1S/C21H17F3N6O2/c1-12(2)17-10-26-20(32-17)13-3-6-15(7-4-13)27-19(31)16-11-30(29-28-16)18-8-5-14(9-25-18)21(22,23)24/h3-12H,1-2H3,(H,27,31). The third kappa shape index (κ3) is 4.51. The molecule has 0 atom stereocenters. The van der Waals surface area contributed by atoms with Gasteiger partial charge in [0.05, 0.1) is 18.0 Å². The smallest absolute Gasteiger partial charge is 0.417 e. The largest absolute Gasteiger partial charge is 0.441 e. The fourth-order valence-electron chi connectivity index (χ4n) is 2.75. The minimum absolute atomic E-state index is 0.0231. The second-order valence-electron chi connectivity index (χ2n) is 7.21. The number of anilines is 1. The highest BCUT2D eigenvalue weighted by atomic mass is 19.4. The molecule has 0 aliphatic rings. The Kier molecular flexibility index (Phi) is 5.47. The van der Waals surface area contributed by atoms with Crippen LogP contribution in [-0.2, 0) is 6.18 Å². The molecule has 0 saturated carbocycles. The number of halogens is 3. The molecule has 1 amide bonds. The summed E-state index contributed by atoms with van der Waals surface area (Å²) in [7, 11) is 0. The molecule has 0 saturated heterocycles. The van der Waals surface area contributed by atoms with Crippen LogP contribution in [0.15, 0.2) is 59.4 Å². The minimum atomic E-state index is -4.49. The third-order valence-corrected chi connectivity index (χ3v) is 4.52. The van der Waals surface area contributed by atoms with Gasteiger partial charge in [0.2, 0.25) is 5.89 Å². The van der Waals surface area contributed by atoms with Gasteiger partial charge in [0.15, 0.2) is 11.5 Å². The number of alkyl halides is 3. The quantitative estimate of drug-likeness (QED) is 0.481. The Morgan fingerprint density at radius 1 is 1.06 bits per heavy atom. The lowest BCUT2D eigenvalue weighted by Gasteiger charge is -2.06. The summed E-state index contributed by atoms with van der Waals surface area (Å²) in [6, 6.07) is 8.92. The molecule has 164 valence electrons. The molecule has 3 aromatic heterocycles. The van der Waals surface area contributed by atoms with Crippen LogP contribution >= 0.6 is 0 Å². The van der Waals surface area contributed by atoms with Gasteiger partial charge in [-0.05, 0) is 36.4 Å². The summed E-state index contributed by atoms with van der Waals surface area (Å²) in [5, 5.41) is 10.2. The molecule has 1 aromatic carbocycles. The zero-order chi connectivity index (χ0) is 22.9. The van der Waals surface area contributed by atoms with E-state index in [1.807, 2.05) is 13.8 Å². The number of pyridine rings is 1. The summed E-state index contributed by atoms with van der Waals surface area (Å²) >= 11 is 0. The average Bonchev–Trinajstić information content (AvgIpc) is 3.44. The molecule has 8 nitrogen and oxygen atoms in total. The summed E-state index contributed by atoms with van der Waals surface area (Å²) in [5.41, 5.74) is 0.365. The normalized spacial score (nSPS) is 11.7. The number of amides is 1. The molecular formula is C21H17F3N6O2. The molecule has 0 aliphatic carbocycles. The fourth-order valence-corrected chi connectivity index (χ4v) is 2.75.